The van der Waals surface area contributed by atoms with Crippen LogP contribution in [0.5, 0.6) is 0 Å². The summed E-state index contributed by atoms with van der Waals surface area (Å²) in [5.74, 6) is -0.693. The van der Waals surface area contributed by atoms with Gasteiger partial charge in [0.25, 0.3) is 0 Å². The van der Waals surface area contributed by atoms with Gasteiger partial charge >= 0.3 is 12.1 Å². The van der Waals surface area contributed by atoms with Crippen LogP contribution in [0.25, 0.3) is 0 Å². The van der Waals surface area contributed by atoms with Crippen LogP contribution in [-0.4, -0.2) is 30.5 Å². The van der Waals surface area contributed by atoms with Crippen molar-refractivity contribution in [1.82, 2.24) is 0 Å². The normalized spacial score (nSPS) is 14.8. The van der Waals surface area contributed by atoms with Crippen molar-refractivity contribution in [2.24, 2.45) is 9.98 Å². The Bertz CT molecular complexity index is 1100. The van der Waals surface area contributed by atoms with Crippen molar-refractivity contribution >= 4 is 35.2 Å². The molecule has 1 atom stereocenters. The van der Waals surface area contributed by atoms with Gasteiger partial charge in [0.1, 0.15) is 11.6 Å². The highest BCUT2D eigenvalue weighted by molar-refractivity contribution is 6.37. The number of carbonyl (C=O) groups is 1. The van der Waals surface area contributed by atoms with Crippen LogP contribution in [0.15, 0.2) is 40.3 Å². The highest BCUT2D eigenvalue weighted by atomic mass is 35.5. The van der Waals surface area contributed by atoms with Gasteiger partial charge < -0.3 is 4.74 Å². The van der Waals surface area contributed by atoms with Crippen LogP contribution < -0.4 is 0 Å². The van der Waals surface area contributed by atoms with E-state index in [9.17, 15) is 26.7 Å². The topological polar surface area (TPSA) is 51.0 Å². The number of terminal acetylenes is 1. The summed E-state index contributed by atoms with van der Waals surface area (Å²) in [6.07, 6.45) is 1.27. The summed E-state index contributed by atoms with van der Waals surface area (Å²) in [5, 5.41) is -0.697. The summed E-state index contributed by atoms with van der Waals surface area (Å²) in [4.78, 5) is 18.1. The van der Waals surface area contributed by atoms with Crippen LogP contribution in [-0.2, 0) is 15.7 Å². The van der Waals surface area contributed by atoms with Crippen LogP contribution in [0.4, 0.5) is 27.6 Å². The quantitative estimate of drug-likeness (QED) is 0.242. The molecule has 0 N–H and O–H groups in total. The molecule has 2 aromatic carbocycles. The minimum atomic E-state index is -4.73. The van der Waals surface area contributed by atoms with E-state index in [2.05, 4.69) is 21.1 Å². The van der Waals surface area contributed by atoms with Gasteiger partial charge in [-0.1, -0.05) is 17.7 Å². The van der Waals surface area contributed by atoms with Crippen LogP contribution in [0, 0.1) is 24.0 Å². The van der Waals surface area contributed by atoms with Gasteiger partial charge in [-0.25, -0.2) is 13.6 Å². The molecule has 1 aliphatic rings. The number of halogens is 6. The first kappa shape index (κ1) is 25.0. The Hall–Kier alpha value is -3.25. The standard InChI is InChI=1S/C17H10ClF5N2.C5H6O2/c1-8-7-24-12-6-5-9(17(21,22)23)15(18)14(12)16(25-8)13-10(19)3-2-4-11(13)20;1-3-5(6)7-4-2/h2-8H,1H3;1H,4H2,2H3/t8-;/m0./s1. The summed E-state index contributed by atoms with van der Waals surface area (Å²) in [6, 6.07) is 4.43. The third-order valence-electron chi connectivity index (χ3n) is 4.02. The SMILES string of the molecule is C#CC(=O)OCC.C[C@H]1C=Nc2ccc(C(F)(F)F)c(Cl)c2C(c2c(F)cccc2F)=N1. The first-order valence-corrected chi connectivity index (χ1v) is 9.48. The zero-order valence-electron chi connectivity index (χ0n) is 16.8. The van der Waals surface area contributed by atoms with Crippen molar-refractivity contribution in [3.63, 3.8) is 0 Å². The highest BCUT2D eigenvalue weighted by Gasteiger charge is 2.36. The number of hydrogen-bond acceptors (Lipinski definition) is 4. The molecule has 10 heteroatoms. The van der Waals surface area contributed by atoms with Crippen molar-refractivity contribution in [2.45, 2.75) is 26.1 Å². The highest BCUT2D eigenvalue weighted by Crippen LogP contribution is 2.41. The maximum atomic E-state index is 14.2. The third kappa shape index (κ3) is 5.71. The molecule has 0 unspecified atom stereocenters. The lowest BCUT2D eigenvalue weighted by Gasteiger charge is -2.16. The number of nitrogens with zero attached hydrogens (tertiary/aromatic N) is 2. The lowest BCUT2D eigenvalue weighted by Crippen LogP contribution is -2.15. The average molecular weight is 471 g/mol. The molecule has 0 bridgehead atoms. The molecule has 0 aliphatic carbocycles. The van der Waals surface area contributed by atoms with Crippen molar-refractivity contribution in [3.8, 4) is 12.3 Å². The minimum Gasteiger partial charge on any atom is -0.456 e. The van der Waals surface area contributed by atoms with E-state index in [1.54, 1.807) is 19.8 Å². The van der Waals surface area contributed by atoms with Crippen LogP contribution in [0.2, 0.25) is 5.02 Å². The molecule has 4 nitrogen and oxygen atoms in total. The van der Waals surface area contributed by atoms with Gasteiger partial charge in [0.05, 0.1) is 40.2 Å². The Morgan fingerprint density at radius 2 is 1.81 bits per heavy atom. The lowest BCUT2D eigenvalue weighted by atomic mass is 9.97. The number of esters is 1. The minimum absolute atomic E-state index is 0.0590. The summed E-state index contributed by atoms with van der Waals surface area (Å²) in [5.41, 5.74) is -2.15. The molecule has 32 heavy (non-hydrogen) atoms. The van der Waals surface area contributed by atoms with Crippen LogP contribution >= 0.6 is 11.6 Å². The molecule has 0 fully saturated rings. The van der Waals surface area contributed by atoms with E-state index in [0.717, 1.165) is 30.3 Å². The molecule has 0 saturated heterocycles. The van der Waals surface area contributed by atoms with E-state index < -0.39 is 46.0 Å². The largest absolute Gasteiger partial charge is 0.456 e. The Morgan fingerprint density at radius 3 is 2.31 bits per heavy atom. The summed E-state index contributed by atoms with van der Waals surface area (Å²) in [6.45, 7) is 3.64. The van der Waals surface area contributed by atoms with Gasteiger partial charge in [-0.3, -0.25) is 9.98 Å². The van der Waals surface area contributed by atoms with Gasteiger partial charge in [0.2, 0.25) is 0 Å². The second kappa shape index (κ2) is 10.4. The number of carbonyl (C=O) groups excluding carboxylic acids is 1. The maximum Gasteiger partial charge on any atom is 0.417 e. The first-order valence-electron chi connectivity index (χ1n) is 9.11. The first-order chi connectivity index (χ1) is 15.0. The van der Waals surface area contributed by atoms with E-state index in [1.165, 1.54) is 6.21 Å². The summed E-state index contributed by atoms with van der Waals surface area (Å²) < 4.78 is 72.3. The van der Waals surface area contributed by atoms with Crippen LogP contribution in [0.3, 0.4) is 0 Å². The summed E-state index contributed by atoms with van der Waals surface area (Å²) in [7, 11) is 0. The van der Waals surface area contributed by atoms with Crippen molar-refractivity contribution in [2.75, 3.05) is 6.61 Å². The predicted molar refractivity (Wildman–Crippen MR) is 112 cm³/mol. The van der Waals surface area contributed by atoms with Gasteiger partial charge in [0.15, 0.2) is 0 Å². The zero-order valence-corrected chi connectivity index (χ0v) is 17.6. The third-order valence-corrected chi connectivity index (χ3v) is 4.41. The van der Waals surface area contributed by atoms with Gasteiger partial charge in [-0.05, 0) is 38.1 Å². The number of alkyl halides is 3. The van der Waals surface area contributed by atoms with E-state index in [1.807, 2.05) is 0 Å². The number of aliphatic imine (C=N–C) groups is 2. The number of ether oxygens (including phenoxy) is 1. The monoisotopic (exact) mass is 470 g/mol. The molecule has 1 heterocycles. The fraction of sp³-hybridized carbons (Fsp3) is 0.227. The zero-order chi connectivity index (χ0) is 24.1. The Labute approximate surface area is 185 Å². The molecular weight excluding hydrogens is 455 g/mol. The predicted octanol–water partition coefficient (Wildman–Crippen LogP) is 5.76. The number of rotatable bonds is 2. The molecule has 0 spiro atoms. The maximum absolute atomic E-state index is 14.2. The Kier molecular flexibility index (Phi) is 8.11. The fourth-order valence-electron chi connectivity index (χ4n) is 2.69. The van der Waals surface area contributed by atoms with E-state index >= 15 is 0 Å². The Balaban J connectivity index is 0.000000451. The average Bonchev–Trinajstić information content (AvgIpc) is 2.87. The van der Waals surface area contributed by atoms with E-state index in [4.69, 9.17) is 11.6 Å². The van der Waals surface area contributed by atoms with Crippen molar-refractivity contribution in [3.05, 3.63) is 63.7 Å². The second-order valence-electron chi connectivity index (χ2n) is 6.28. The van der Waals surface area contributed by atoms with E-state index in [-0.39, 0.29) is 17.0 Å². The molecule has 0 amide bonds. The molecular formula is C22H16ClF5N2O2. The van der Waals surface area contributed by atoms with Gasteiger partial charge in [-0.15, -0.1) is 6.42 Å². The van der Waals surface area contributed by atoms with Crippen LogP contribution in [0.1, 0.15) is 30.5 Å². The number of benzene rings is 2. The molecule has 3 rings (SSSR count). The molecule has 168 valence electrons. The molecule has 0 saturated carbocycles. The second-order valence-corrected chi connectivity index (χ2v) is 6.65. The van der Waals surface area contributed by atoms with Gasteiger partial charge in [0, 0.05) is 17.7 Å². The van der Waals surface area contributed by atoms with Crippen molar-refractivity contribution < 1.29 is 31.5 Å². The van der Waals surface area contributed by atoms with E-state index in [0.29, 0.717) is 6.61 Å². The van der Waals surface area contributed by atoms with Crippen molar-refractivity contribution in [1.29, 1.82) is 0 Å². The number of fused-ring (bicyclic) bond motifs is 1. The molecule has 1 aliphatic heterocycles. The summed E-state index contributed by atoms with van der Waals surface area (Å²) >= 11 is 5.96. The molecule has 0 radical (unpaired) electrons. The molecule has 2 aromatic rings. The number of hydrogen-bond donors (Lipinski definition) is 0. The van der Waals surface area contributed by atoms with Gasteiger partial charge in [-0.2, -0.15) is 13.2 Å². The fourth-order valence-corrected chi connectivity index (χ4v) is 3.05. The molecule has 0 aromatic heterocycles. The lowest BCUT2D eigenvalue weighted by molar-refractivity contribution is -0.137. The smallest absolute Gasteiger partial charge is 0.417 e. The Morgan fingerprint density at radius 1 is 1.19 bits per heavy atom.